The van der Waals surface area contributed by atoms with Gasteiger partial charge >= 0.3 is 12.0 Å². The summed E-state index contributed by atoms with van der Waals surface area (Å²) in [6, 6.07) is 7.53. The predicted molar refractivity (Wildman–Crippen MR) is 84.9 cm³/mol. The number of carboxylic acids is 1. The zero-order valence-electron chi connectivity index (χ0n) is 13.2. The molecule has 1 atom stereocenters. The van der Waals surface area contributed by atoms with E-state index in [9.17, 15) is 14.7 Å². The van der Waals surface area contributed by atoms with E-state index in [0.29, 0.717) is 19.5 Å². The van der Waals surface area contributed by atoms with Gasteiger partial charge in [-0.25, -0.2) is 9.78 Å². The van der Waals surface area contributed by atoms with Gasteiger partial charge in [-0.3, -0.25) is 4.79 Å². The molecule has 0 bridgehead atoms. The average molecular weight is 316 g/mol. The minimum absolute atomic E-state index is 0.233. The lowest BCUT2D eigenvalue weighted by molar-refractivity contribution is -0.147. The molecule has 122 valence electrons. The summed E-state index contributed by atoms with van der Waals surface area (Å²) in [5.74, 6) is -0.0945. The number of carbonyl (C=O) groups excluding carboxylic acids is 1. The molecule has 7 nitrogen and oxygen atoms in total. The highest BCUT2D eigenvalue weighted by Crippen LogP contribution is 2.30. The number of carboxylic acid groups (broad SMARTS) is 1. The van der Waals surface area contributed by atoms with Crippen LogP contribution >= 0.6 is 0 Å². The molecule has 2 heterocycles. The molecule has 23 heavy (non-hydrogen) atoms. The Morgan fingerprint density at radius 3 is 2.78 bits per heavy atom. The fraction of sp³-hybridized carbons (Fsp3) is 0.438. The number of benzene rings is 1. The van der Waals surface area contributed by atoms with Crippen LogP contribution in [0.25, 0.3) is 11.0 Å². The maximum Gasteiger partial charge on any atom is 0.317 e. The Bertz CT molecular complexity index is 770. The first kappa shape index (κ1) is 15.3. The normalized spacial score (nSPS) is 20.9. The largest absolute Gasteiger partial charge is 0.481 e. The highest BCUT2D eigenvalue weighted by atomic mass is 16.4. The Labute approximate surface area is 133 Å². The van der Waals surface area contributed by atoms with Gasteiger partial charge in [0, 0.05) is 20.1 Å². The van der Waals surface area contributed by atoms with Crippen molar-refractivity contribution in [2.75, 3.05) is 13.1 Å². The second-order valence-electron chi connectivity index (χ2n) is 6.27. The van der Waals surface area contributed by atoms with Gasteiger partial charge in [-0.2, -0.15) is 0 Å². The molecule has 1 aliphatic heterocycles. The quantitative estimate of drug-likeness (QED) is 0.900. The van der Waals surface area contributed by atoms with Crippen molar-refractivity contribution in [1.82, 2.24) is 19.8 Å². The van der Waals surface area contributed by atoms with E-state index in [4.69, 9.17) is 0 Å². The van der Waals surface area contributed by atoms with Crippen LogP contribution in [0, 0.1) is 5.41 Å². The third-order valence-corrected chi connectivity index (χ3v) is 4.55. The van der Waals surface area contributed by atoms with E-state index in [0.717, 1.165) is 16.9 Å². The second-order valence-corrected chi connectivity index (χ2v) is 6.27. The van der Waals surface area contributed by atoms with Gasteiger partial charge in [0.1, 0.15) is 5.82 Å². The number of urea groups is 1. The second kappa shape index (κ2) is 5.57. The molecule has 0 saturated carbocycles. The average Bonchev–Trinajstić information content (AvgIpc) is 3.08. The molecular formula is C16H20N4O3. The number of para-hydroxylation sites is 2. The molecule has 1 fully saturated rings. The number of carbonyl (C=O) groups is 2. The molecule has 2 amide bonds. The van der Waals surface area contributed by atoms with Gasteiger partial charge in [-0.15, -0.1) is 0 Å². The molecule has 2 aromatic rings. The van der Waals surface area contributed by atoms with E-state index in [1.165, 1.54) is 0 Å². The number of aliphatic carboxylic acids is 1. The Hall–Kier alpha value is -2.57. The van der Waals surface area contributed by atoms with E-state index in [1.54, 1.807) is 11.8 Å². The van der Waals surface area contributed by atoms with Crippen LogP contribution in [0.5, 0.6) is 0 Å². The monoisotopic (exact) mass is 316 g/mol. The molecule has 1 aromatic carbocycles. The van der Waals surface area contributed by atoms with Crippen molar-refractivity contribution in [1.29, 1.82) is 0 Å². The molecule has 3 rings (SSSR count). The van der Waals surface area contributed by atoms with Crippen LogP contribution in [0.1, 0.15) is 19.2 Å². The number of hydrogen-bond acceptors (Lipinski definition) is 3. The number of hydrogen-bond donors (Lipinski definition) is 2. The van der Waals surface area contributed by atoms with Crippen molar-refractivity contribution >= 4 is 23.0 Å². The summed E-state index contributed by atoms with van der Waals surface area (Å²) in [5, 5.41) is 12.1. The van der Waals surface area contributed by atoms with Crippen LogP contribution in [-0.2, 0) is 18.4 Å². The molecule has 0 radical (unpaired) electrons. The van der Waals surface area contributed by atoms with Crippen molar-refractivity contribution in [2.24, 2.45) is 12.5 Å². The van der Waals surface area contributed by atoms with Gasteiger partial charge in [0.2, 0.25) is 0 Å². The van der Waals surface area contributed by atoms with Gasteiger partial charge in [-0.1, -0.05) is 12.1 Å². The Kier molecular flexibility index (Phi) is 3.71. The van der Waals surface area contributed by atoms with Crippen molar-refractivity contribution in [3.63, 3.8) is 0 Å². The van der Waals surface area contributed by atoms with Gasteiger partial charge < -0.3 is 19.9 Å². The summed E-state index contributed by atoms with van der Waals surface area (Å²) < 4.78 is 1.95. The first-order valence-corrected chi connectivity index (χ1v) is 7.57. The van der Waals surface area contributed by atoms with E-state index < -0.39 is 11.4 Å². The molecule has 0 aliphatic carbocycles. The van der Waals surface area contributed by atoms with Crippen molar-refractivity contribution in [3.05, 3.63) is 30.1 Å². The molecule has 1 aliphatic rings. The number of imidazole rings is 1. The number of nitrogens with zero attached hydrogens (tertiary/aromatic N) is 3. The zero-order chi connectivity index (χ0) is 16.6. The topological polar surface area (TPSA) is 87.5 Å². The molecular weight excluding hydrogens is 296 g/mol. The minimum Gasteiger partial charge on any atom is -0.481 e. The van der Waals surface area contributed by atoms with E-state index >= 15 is 0 Å². The number of nitrogens with one attached hydrogen (secondary N) is 1. The Morgan fingerprint density at radius 2 is 2.13 bits per heavy atom. The lowest BCUT2D eigenvalue weighted by Crippen LogP contribution is -2.40. The number of fused-ring (bicyclic) bond motifs is 1. The summed E-state index contributed by atoms with van der Waals surface area (Å²) in [6.45, 7) is 2.67. The summed E-state index contributed by atoms with van der Waals surface area (Å²) >= 11 is 0. The molecule has 2 N–H and O–H groups in total. The lowest BCUT2D eigenvalue weighted by atomic mass is 9.90. The summed E-state index contributed by atoms with van der Waals surface area (Å²) in [6.07, 6.45) is 0.474. The van der Waals surface area contributed by atoms with E-state index in [-0.39, 0.29) is 12.6 Å². The highest BCUT2D eigenvalue weighted by molar-refractivity contribution is 5.79. The van der Waals surface area contributed by atoms with Crippen LogP contribution in [0.15, 0.2) is 24.3 Å². The maximum atomic E-state index is 12.2. The highest BCUT2D eigenvalue weighted by Gasteiger charge is 2.42. The van der Waals surface area contributed by atoms with Crippen LogP contribution in [0.2, 0.25) is 0 Å². The van der Waals surface area contributed by atoms with Crippen LogP contribution in [-0.4, -0.2) is 44.6 Å². The first-order valence-electron chi connectivity index (χ1n) is 7.57. The van der Waals surface area contributed by atoms with Crippen LogP contribution in [0.4, 0.5) is 4.79 Å². The molecule has 1 saturated heterocycles. The van der Waals surface area contributed by atoms with E-state index in [2.05, 4.69) is 10.3 Å². The van der Waals surface area contributed by atoms with Gasteiger partial charge in [0.25, 0.3) is 0 Å². The SMILES string of the molecule is Cn1c(CNC(=O)N2CCC(C)(C(=O)O)C2)nc2ccccc21. The Balaban J connectivity index is 1.65. The smallest absolute Gasteiger partial charge is 0.317 e. The van der Waals surface area contributed by atoms with Crippen molar-refractivity contribution in [2.45, 2.75) is 19.9 Å². The summed E-state index contributed by atoms with van der Waals surface area (Å²) in [7, 11) is 1.91. The molecule has 1 unspecified atom stereocenters. The molecule has 7 heteroatoms. The fourth-order valence-corrected chi connectivity index (χ4v) is 2.93. The van der Waals surface area contributed by atoms with Crippen molar-refractivity contribution < 1.29 is 14.7 Å². The molecule has 0 spiro atoms. The van der Waals surface area contributed by atoms with E-state index in [1.807, 2.05) is 35.9 Å². The maximum absolute atomic E-state index is 12.2. The van der Waals surface area contributed by atoms with Crippen molar-refractivity contribution in [3.8, 4) is 0 Å². The van der Waals surface area contributed by atoms with Crippen LogP contribution < -0.4 is 5.32 Å². The fourth-order valence-electron chi connectivity index (χ4n) is 2.93. The van der Waals surface area contributed by atoms with Gasteiger partial charge in [0.15, 0.2) is 0 Å². The number of aryl methyl sites for hydroxylation is 1. The summed E-state index contributed by atoms with van der Waals surface area (Å²) in [5.41, 5.74) is 1.05. The van der Waals surface area contributed by atoms with Crippen LogP contribution in [0.3, 0.4) is 0 Å². The third-order valence-electron chi connectivity index (χ3n) is 4.55. The number of rotatable bonds is 3. The first-order chi connectivity index (χ1) is 10.9. The number of amides is 2. The lowest BCUT2D eigenvalue weighted by Gasteiger charge is -2.20. The third kappa shape index (κ3) is 2.74. The molecule has 1 aromatic heterocycles. The van der Waals surface area contributed by atoms with Gasteiger partial charge in [-0.05, 0) is 25.5 Å². The standard InChI is InChI=1S/C16H20N4O3/c1-16(14(21)22)7-8-20(10-16)15(23)17-9-13-18-11-5-3-4-6-12(11)19(13)2/h3-6H,7-10H2,1-2H3,(H,17,23)(H,21,22). The zero-order valence-corrected chi connectivity index (χ0v) is 13.2. The van der Waals surface area contributed by atoms with Gasteiger partial charge in [0.05, 0.1) is 23.0 Å². The number of likely N-dealkylation sites (tertiary alicyclic amines) is 1. The number of aromatic nitrogens is 2. The summed E-state index contributed by atoms with van der Waals surface area (Å²) in [4.78, 5) is 29.5. The predicted octanol–water partition coefficient (Wildman–Crippen LogP) is 1.58. The minimum atomic E-state index is -0.858. The Morgan fingerprint density at radius 1 is 1.39 bits per heavy atom.